The smallest absolute Gasteiger partial charge is 0.306 e. The molecule has 2 N–H and O–H groups in total. The van der Waals surface area contributed by atoms with Crippen LogP contribution in [0.4, 0.5) is 13.2 Å². The zero-order valence-corrected chi connectivity index (χ0v) is 9.20. The van der Waals surface area contributed by atoms with E-state index in [0.29, 0.717) is 24.5 Å². The molecule has 0 bridgehead atoms. The first kappa shape index (κ1) is 12.5. The molecule has 0 amide bonds. The van der Waals surface area contributed by atoms with E-state index in [2.05, 4.69) is 25.9 Å². The van der Waals surface area contributed by atoms with Crippen LogP contribution in [0.25, 0.3) is 0 Å². The van der Waals surface area contributed by atoms with Gasteiger partial charge in [0.1, 0.15) is 0 Å². The summed E-state index contributed by atoms with van der Waals surface area (Å²) in [7, 11) is 0. The monoisotopic (exact) mass is 257 g/mol. The molecular weight excluding hydrogens is 247 g/mol. The number of hydrogen-bond donors (Lipinski definition) is 2. The SMILES string of the molecule is FC(F)(F)c1cccc(CNCc2nn[nH]n2)c1. The number of halogens is 3. The van der Waals surface area contributed by atoms with Crippen molar-refractivity contribution in [1.82, 2.24) is 25.9 Å². The lowest BCUT2D eigenvalue weighted by Gasteiger charge is -2.08. The largest absolute Gasteiger partial charge is 0.416 e. The highest BCUT2D eigenvalue weighted by atomic mass is 19.4. The Bertz CT molecular complexity index is 494. The number of alkyl halides is 3. The number of H-pyrrole nitrogens is 1. The second-order valence-electron chi connectivity index (χ2n) is 3.63. The highest BCUT2D eigenvalue weighted by molar-refractivity contribution is 5.25. The third-order valence-corrected chi connectivity index (χ3v) is 2.26. The first-order valence-electron chi connectivity index (χ1n) is 5.15. The second-order valence-corrected chi connectivity index (χ2v) is 3.63. The predicted octanol–water partition coefficient (Wildman–Crippen LogP) is 1.51. The lowest BCUT2D eigenvalue weighted by molar-refractivity contribution is -0.137. The van der Waals surface area contributed by atoms with Crippen molar-refractivity contribution in [3.63, 3.8) is 0 Å². The van der Waals surface area contributed by atoms with Crippen LogP contribution in [0.15, 0.2) is 24.3 Å². The summed E-state index contributed by atoms with van der Waals surface area (Å²) in [6, 6.07) is 5.17. The van der Waals surface area contributed by atoms with Crippen LogP contribution in [0.2, 0.25) is 0 Å². The Hall–Kier alpha value is -1.96. The van der Waals surface area contributed by atoms with E-state index >= 15 is 0 Å². The fourth-order valence-corrected chi connectivity index (χ4v) is 1.43. The Morgan fingerprint density at radius 2 is 2.06 bits per heavy atom. The molecule has 0 fully saturated rings. The zero-order chi connectivity index (χ0) is 13.0. The van der Waals surface area contributed by atoms with Crippen LogP contribution < -0.4 is 5.32 Å². The maximum Gasteiger partial charge on any atom is 0.416 e. The minimum Gasteiger partial charge on any atom is -0.306 e. The van der Waals surface area contributed by atoms with Crippen molar-refractivity contribution >= 4 is 0 Å². The van der Waals surface area contributed by atoms with Gasteiger partial charge in [-0.05, 0) is 11.6 Å². The van der Waals surface area contributed by atoms with Crippen molar-refractivity contribution in [3.8, 4) is 0 Å². The van der Waals surface area contributed by atoms with Crippen molar-refractivity contribution in [3.05, 3.63) is 41.2 Å². The molecule has 0 atom stereocenters. The first-order chi connectivity index (χ1) is 8.55. The minimum absolute atomic E-state index is 0.304. The van der Waals surface area contributed by atoms with Gasteiger partial charge in [-0.15, -0.1) is 10.2 Å². The molecule has 2 rings (SSSR count). The summed E-state index contributed by atoms with van der Waals surface area (Å²) in [5, 5.41) is 16.0. The average Bonchev–Trinajstić information content (AvgIpc) is 2.81. The number of aromatic nitrogens is 4. The fraction of sp³-hybridized carbons (Fsp3) is 0.300. The number of nitrogens with one attached hydrogen (secondary N) is 2. The molecule has 0 aliphatic rings. The molecule has 1 aromatic heterocycles. The van der Waals surface area contributed by atoms with Gasteiger partial charge in [-0.1, -0.05) is 23.4 Å². The van der Waals surface area contributed by atoms with Crippen LogP contribution in [-0.2, 0) is 19.3 Å². The topological polar surface area (TPSA) is 66.5 Å². The molecule has 0 unspecified atom stereocenters. The van der Waals surface area contributed by atoms with Crippen LogP contribution in [0.3, 0.4) is 0 Å². The lowest BCUT2D eigenvalue weighted by Crippen LogP contribution is -2.14. The Labute approximate surface area is 100 Å². The summed E-state index contributed by atoms with van der Waals surface area (Å²) in [5.74, 6) is 0.460. The summed E-state index contributed by atoms with van der Waals surface area (Å²) in [6.45, 7) is 0.644. The summed E-state index contributed by atoms with van der Waals surface area (Å²) >= 11 is 0. The summed E-state index contributed by atoms with van der Waals surface area (Å²) < 4.78 is 37.4. The van der Waals surface area contributed by atoms with Crippen molar-refractivity contribution in [2.45, 2.75) is 19.3 Å². The van der Waals surface area contributed by atoms with Gasteiger partial charge < -0.3 is 5.32 Å². The van der Waals surface area contributed by atoms with Crippen LogP contribution in [0.5, 0.6) is 0 Å². The van der Waals surface area contributed by atoms with E-state index in [0.717, 1.165) is 12.1 Å². The highest BCUT2D eigenvalue weighted by Crippen LogP contribution is 2.29. The summed E-state index contributed by atoms with van der Waals surface area (Å²) in [4.78, 5) is 0. The molecule has 0 saturated heterocycles. The van der Waals surface area contributed by atoms with E-state index in [-0.39, 0.29) is 0 Å². The minimum atomic E-state index is -4.32. The van der Waals surface area contributed by atoms with E-state index in [1.54, 1.807) is 6.07 Å². The van der Waals surface area contributed by atoms with E-state index in [1.807, 2.05) is 0 Å². The molecule has 0 radical (unpaired) electrons. The molecule has 8 heteroatoms. The molecular formula is C10H10F3N5. The number of rotatable bonds is 4. The predicted molar refractivity (Wildman–Crippen MR) is 56.2 cm³/mol. The average molecular weight is 257 g/mol. The Kier molecular flexibility index (Phi) is 3.56. The maximum absolute atomic E-state index is 12.5. The van der Waals surface area contributed by atoms with Gasteiger partial charge in [0.15, 0.2) is 5.82 Å². The van der Waals surface area contributed by atoms with Crippen LogP contribution in [-0.4, -0.2) is 20.6 Å². The van der Waals surface area contributed by atoms with Gasteiger partial charge in [0.05, 0.1) is 12.1 Å². The van der Waals surface area contributed by atoms with Crippen molar-refractivity contribution in [2.24, 2.45) is 0 Å². The molecule has 1 heterocycles. The van der Waals surface area contributed by atoms with Gasteiger partial charge in [0.25, 0.3) is 0 Å². The van der Waals surface area contributed by atoms with Gasteiger partial charge in [0, 0.05) is 6.54 Å². The molecule has 5 nitrogen and oxygen atoms in total. The quantitative estimate of drug-likeness (QED) is 0.871. The van der Waals surface area contributed by atoms with E-state index < -0.39 is 11.7 Å². The van der Waals surface area contributed by atoms with Gasteiger partial charge >= 0.3 is 6.18 Å². The van der Waals surface area contributed by atoms with Crippen molar-refractivity contribution in [2.75, 3.05) is 0 Å². The molecule has 0 saturated carbocycles. The number of nitrogens with zero attached hydrogens (tertiary/aromatic N) is 3. The molecule has 18 heavy (non-hydrogen) atoms. The number of hydrogen-bond acceptors (Lipinski definition) is 4. The van der Waals surface area contributed by atoms with Crippen LogP contribution in [0, 0.1) is 0 Å². The Balaban J connectivity index is 1.93. The van der Waals surface area contributed by atoms with Gasteiger partial charge in [-0.2, -0.15) is 18.4 Å². The first-order valence-corrected chi connectivity index (χ1v) is 5.15. The third kappa shape index (κ3) is 3.27. The zero-order valence-electron chi connectivity index (χ0n) is 9.20. The molecule has 96 valence electrons. The van der Waals surface area contributed by atoms with Gasteiger partial charge in [-0.3, -0.25) is 0 Å². The lowest BCUT2D eigenvalue weighted by atomic mass is 10.1. The van der Waals surface area contributed by atoms with E-state index in [4.69, 9.17) is 0 Å². The standard InChI is InChI=1S/C10H10F3N5/c11-10(12,13)8-3-1-2-7(4-8)5-14-6-9-15-17-18-16-9/h1-4,14H,5-6H2,(H,15,16,17,18). The van der Waals surface area contributed by atoms with Gasteiger partial charge in [0.2, 0.25) is 0 Å². The number of benzene rings is 1. The molecule has 0 aliphatic carbocycles. The van der Waals surface area contributed by atoms with Gasteiger partial charge in [-0.25, -0.2) is 0 Å². The Morgan fingerprint density at radius 1 is 1.22 bits per heavy atom. The molecule has 1 aromatic carbocycles. The molecule has 0 spiro atoms. The van der Waals surface area contributed by atoms with Crippen molar-refractivity contribution in [1.29, 1.82) is 0 Å². The number of aromatic amines is 1. The van der Waals surface area contributed by atoms with Crippen molar-refractivity contribution < 1.29 is 13.2 Å². The maximum atomic E-state index is 12.5. The third-order valence-electron chi connectivity index (χ3n) is 2.26. The molecule has 0 aliphatic heterocycles. The highest BCUT2D eigenvalue weighted by Gasteiger charge is 2.30. The second kappa shape index (κ2) is 5.13. The van der Waals surface area contributed by atoms with Crippen LogP contribution >= 0.6 is 0 Å². The van der Waals surface area contributed by atoms with E-state index in [9.17, 15) is 13.2 Å². The number of tetrazole rings is 1. The molecule has 2 aromatic rings. The summed E-state index contributed by atoms with van der Waals surface area (Å²) in [6.07, 6.45) is -4.32. The van der Waals surface area contributed by atoms with Crippen LogP contribution in [0.1, 0.15) is 17.0 Å². The van der Waals surface area contributed by atoms with E-state index in [1.165, 1.54) is 6.07 Å². The summed E-state index contributed by atoms with van der Waals surface area (Å²) in [5.41, 5.74) is -0.102. The fourth-order valence-electron chi connectivity index (χ4n) is 1.43. The Morgan fingerprint density at radius 3 is 2.72 bits per heavy atom. The normalized spacial score (nSPS) is 11.7.